The summed E-state index contributed by atoms with van der Waals surface area (Å²) in [6.45, 7) is 0.738. The molecule has 1 saturated heterocycles. The van der Waals surface area contributed by atoms with Crippen LogP contribution in [0, 0.1) is 0 Å². The fourth-order valence-corrected chi connectivity index (χ4v) is 2.20. The van der Waals surface area contributed by atoms with Crippen LogP contribution in [0.2, 0.25) is 5.02 Å². The minimum absolute atomic E-state index is 0.0542. The van der Waals surface area contributed by atoms with E-state index < -0.39 is 11.7 Å². The molecule has 1 aliphatic rings. The van der Waals surface area contributed by atoms with Crippen LogP contribution in [0.4, 0.5) is 18.9 Å². The Balaban J connectivity index is 2.16. The zero-order chi connectivity index (χ0) is 14.0. The highest BCUT2D eigenvalue weighted by atomic mass is 35.5. The Labute approximate surface area is 113 Å². The van der Waals surface area contributed by atoms with Crippen LogP contribution in [0.3, 0.4) is 0 Å². The molecular formula is C12H12ClF3N2O. The lowest BCUT2D eigenvalue weighted by molar-refractivity contribution is -0.137. The standard InChI is InChI=1S/C12H12ClF3N2O/c13-8-4-7(12(14,15)16)5-9(6-8)18-11(19)10-2-1-3-17-10/h4-6,10,17H,1-3H2,(H,18,19)/t10-/m1/s1. The number of carbonyl (C=O) groups is 1. The summed E-state index contributed by atoms with van der Waals surface area (Å²) in [5.41, 5.74) is -0.826. The highest BCUT2D eigenvalue weighted by molar-refractivity contribution is 6.31. The molecular weight excluding hydrogens is 281 g/mol. The van der Waals surface area contributed by atoms with Crippen LogP contribution in [-0.4, -0.2) is 18.5 Å². The summed E-state index contributed by atoms with van der Waals surface area (Å²) in [5.74, 6) is -0.340. The molecule has 2 N–H and O–H groups in total. The third-order valence-corrected chi connectivity index (χ3v) is 3.09. The lowest BCUT2D eigenvalue weighted by atomic mass is 10.1. The predicted molar refractivity (Wildman–Crippen MR) is 66.1 cm³/mol. The molecule has 1 aromatic rings. The Morgan fingerprint density at radius 3 is 2.68 bits per heavy atom. The van der Waals surface area contributed by atoms with E-state index in [4.69, 9.17) is 11.6 Å². The van der Waals surface area contributed by atoms with Gasteiger partial charge in [-0.3, -0.25) is 4.79 Å². The van der Waals surface area contributed by atoms with Crippen LogP contribution in [0.15, 0.2) is 18.2 Å². The van der Waals surface area contributed by atoms with Gasteiger partial charge in [-0.25, -0.2) is 0 Å². The minimum Gasteiger partial charge on any atom is -0.325 e. The first-order valence-corrected chi connectivity index (χ1v) is 6.16. The van der Waals surface area contributed by atoms with Crippen molar-refractivity contribution in [2.24, 2.45) is 0 Å². The molecule has 1 atom stereocenters. The van der Waals surface area contributed by atoms with E-state index in [0.717, 1.165) is 25.1 Å². The fourth-order valence-electron chi connectivity index (χ4n) is 1.96. The molecule has 0 spiro atoms. The minimum atomic E-state index is -4.49. The number of halogens is 4. The van der Waals surface area contributed by atoms with Crippen molar-refractivity contribution in [3.63, 3.8) is 0 Å². The van der Waals surface area contributed by atoms with Gasteiger partial charge < -0.3 is 10.6 Å². The van der Waals surface area contributed by atoms with Crippen molar-refractivity contribution < 1.29 is 18.0 Å². The second kappa shape index (κ2) is 5.38. The summed E-state index contributed by atoms with van der Waals surface area (Å²) in [5, 5.41) is 5.35. The lowest BCUT2D eigenvalue weighted by Crippen LogP contribution is -2.35. The average Bonchev–Trinajstić information content (AvgIpc) is 2.80. The lowest BCUT2D eigenvalue weighted by Gasteiger charge is -2.13. The number of alkyl halides is 3. The van der Waals surface area contributed by atoms with Gasteiger partial charge in [0.05, 0.1) is 11.6 Å². The van der Waals surface area contributed by atoms with Gasteiger partial charge in [-0.1, -0.05) is 11.6 Å². The summed E-state index contributed by atoms with van der Waals surface area (Å²) in [6.07, 6.45) is -2.93. The van der Waals surface area contributed by atoms with Gasteiger partial charge in [0.15, 0.2) is 0 Å². The van der Waals surface area contributed by atoms with E-state index >= 15 is 0 Å². The molecule has 1 amide bonds. The van der Waals surface area contributed by atoms with Crippen LogP contribution >= 0.6 is 11.6 Å². The Morgan fingerprint density at radius 1 is 1.37 bits per heavy atom. The summed E-state index contributed by atoms with van der Waals surface area (Å²) < 4.78 is 37.8. The number of nitrogens with one attached hydrogen (secondary N) is 2. The monoisotopic (exact) mass is 292 g/mol. The molecule has 1 fully saturated rings. The topological polar surface area (TPSA) is 41.1 Å². The highest BCUT2D eigenvalue weighted by Gasteiger charge is 2.31. The van der Waals surface area contributed by atoms with Gasteiger partial charge in [0.25, 0.3) is 0 Å². The molecule has 2 rings (SSSR count). The molecule has 7 heteroatoms. The largest absolute Gasteiger partial charge is 0.416 e. The normalized spacial score (nSPS) is 19.5. The molecule has 104 valence electrons. The van der Waals surface area contributed by atoms with Crippen molar-refractivity contribution in [3.8, 4) is 0 Å². The third-order valence-electron chi connectivity index (χ3n) is 2.87. The smallest absolute Gasteiger partial charge is 0.325 e. The molecule has 0 radical (unpaired) electrons. The van der Waals surface area contributed by atoms with Crippen LogP contribution in [0.25, 0.3) is 0 Å². The molecule has 3 nitrogen and oxygen atoms in total. The summed E-state index contributed by atoms with van der Waals surface area (Å²) in [4.78, 5) is 11.8. The highest BCUT2D eigenvalue weighted by Crippen LogP contribution is 2.33. The number of anilines is 1. The van der Waals surface area contributed by atoms with Gasteiger partial charge in [0.1, 0.15) is 0 Å². The predicted octanol–water partition coefficient (Wildman–Crippen LogP) is 3.05. The van der Waals surface area contributed by atoms with E-state index in [1.54, 1.807) is 0 Å². The molecule has 0 aliphatic carbocycles. The summed E-state index contributed by atoms with van der Waals surface area (Å²) in [7, 11) is 0. The number of amides is 1. The first-order chi connectivity index (χ1) is 8.86. The van der Waals surface area contributed by atoms with Crippen molar-refractivity contribution in [1.82, 2.24) is 5.32 Å². The molecule has 19 heavy (non-hydrogen) atoms. The van der Waals surface area contributed by atoms with Crippen molar-refractivity contribution in [2.45, 2.75) is 25.1 Å². The van der Waals surface area contributed by atoms with E-state index in [2.05, 4.69) is 10.6 Å². The first kappa shape index (κ1) is 14.1. The van der Waals surface area contributed by atoms with E-state index in [1.807, 2.05) is 0 Å². The SMILES string of the molecule is O=C(Nc1cc(Cl)cc(C(F)(F)F)c1)[C@H]1CCCN1. The molecule has 1 aromatic carbocycles. The van der Waals surface area contributed by atoms with Crippen molar-refractivity contribution >= 4 is 23.2 Å². The Bertz CT molecular complexity index is 484. The fraction of sp³-hybridized carbons (Fsp3) is 0.417. The summed E-state index contributed by atoms with van der Waals surface area (Å²) in [6, 6.07) is 2.64. The molecule has 0 saturated carbocycles. The average molecular weight is 293 g/mol. The first-order valence-electron chi connectivity index (χ1n) is 5.78. The molecule has 1 heterocycles. The number of hydrogen-bond donors (Lipinski definition) is 2. The Morgan fingerprint density at radius 2 is 2.11 bits per heavy atom. The zero-order valence-electron chi connectivity index (χ0n) is 9.85. The Kier molecular flexibility index (Phi) is 4.01. The van der Waals surface area contributed by atoms with Gasteiger partial charge in [-0.2, -0.15) is 13.2 Å². The number of rotatable bonds is 2. The van der Waals surface area contributed by atoms with Gasteiger partial charge in [-0.15, -0.1) is 0 Å². The second-order valence-corrected chi connectivity index (χ2v) is 4.80. The van der Waals surface area contributed by atoms with Gasteiger partial charge in [-0.05, 0) is 37.6 Å². The maximum absolute atomic E-state index is 12.6. The van der Waals surface area contributed by atoms with Crippen LogP contribution in [-0.2, 0) is 11.0 Å². The van der Waals surface area contributed by atoms with Crippen LogP contribution in [0.5, 0.6) is 0 Å². The summed E-state index contributed by atoms with van der Waals surface area (Å²) >= 11 is 5.63. The van der Waals surface area contributed by atoms with Crippen LogP contribution < -0.4 is 10.6 Å². The number of hydrogen-bond acceptors (Lipinski definition) is 2. The molecule has 0 unspecified atom stereocenters. The van der Waals surface area contributed by atoms with Crippen molar-refractivity contribution in [2.75, 3.05) is 11.9 Å². The zero-order valence-corrected chi connectivity index (χ0v) is 10.6. The van der Waals surface area contributed by atoms with E-state index in [1.165, 1.54) is 6.07 Å². The second-order valence-electron chi connectivity index (χ2n) is 4.36. The van der Waals surface area contributed by atoms with E-state index in [-0.39, 0.29) is 22.7 Å². The quantitative estimate of drug-likeness (QED) is 0.879. The van der Waals surface area contributed by atoms with Crippen LogP contribution in [0.1, 0.15) is 18.4 Å². The third kappa shape index (κ3) is 3.61. The maximum atomic E-state index is 12.6. The van der Waals surface area contributed by atoms with Crippen molar-refractivity contribution in [1.29, 1.82) is 0 Å². The van der Waals surface area contributed by atoms with E-state index in [0.29, 0.717) is 6.42 Å². The van der Waals surface area contributed by atoms with Gasteiger partial charge in [0, 0.05) is 10.7 Å². The van der Waals surface area contributed by atoms with Gasteiger partial charge in [0.2, 0.25) is 5.91 Å². The number of benzene rings is 1. The van der Waals surface area contributed by atoms with Crippen molar-refractivity contribution in [3.05, 3.63) is 28.8 Å². The van der Waals surface area contributed by atoms with E-state index in [9.17, 15) is 18.0 Å². The molecule has 0 bridgehead atoms. The number of carbonyl (C=O) groups excluding carboxylic acids is 1. The molecule has 1 aliphatic heterocycles. The van der Waals surface area contributed by atoms with Gasteiger partial charge >= 0.3 is 6.18 Å². The Hall–Kier alpha value is -1.27. The molecule has 0 aromatic heterocycles. The maximum Gasteiger partial charge on any atom is 0.416 e.